The molecule has 0 saturated carbocycles. The Morgan fingerprint density at radius 1 is 1.20 bits per heavy atom. The van der Waals surface area contributed by atoms with Crippen molar-refractivity contribution < 1.29 is 43.2 Å². The number of nitrogens with zero attached hydrogens (tertiary/aromatic N) is 1. The second-order valence-electron chi connectivity index (χ2n) is 11.0. The quantitative estimate of drug-likeness (QED) is 0.241. The highest BCUT2D eigenvalue weighted by atomic mass is 16.5. The van der Waals surface area contributed by atoms with Gasteiger partial charge >= 0.3 is 5.63 Å². The molecule has 0 radical (unpaired) electrons. The second kappa shape index (κ2) is 12.2. The smallest absolute Gasteiger partial charge is 0.349 e. The fourth-order valence-electron chi connectivity index (χ4n) is 6.27. The lowest BCUT2D eigenvalue weighted by Crippen LogP contribution is -2.57. The number of ether oxygens (including phenoxy) is 3. The number of aliphatic hydroxyl groups is 2. The summed E-state index contributed by atoms with van der Waals surface area (Å²) in [6.45, 7) is 0.183. The Labute approximate surface area is 251 Å². The maximum Gasteiger partial charge on any atom is 0.349 e. The van der Waals surface area contributed by atoms with Crippen LogP contribution in [0.25, 0.3) is 11.0 Å². The highest BCUT2D eigenvalue weighted by Gasteiger charge is 2.52. The van der Waals surface area contributed by atoms with Crippen LogP contribution in [0.3, 0.4) is 0 Å². The van der Waals surface area contributed by atoms with Crippen molar-refractivity contribution in [2.75, 3.05) is 33.4 Å². The highest BCUT2D eigenvalue weighted by Crippen LogP contribution is 2.51. The Hall–Kier alpha value is -4.52. The first kappa shape index (κ1) is 29.5. The molecule has 3 aliphatic rings. The van der Waals surface area contributed by atoms with E-state index in [1.54, 1.807) is 30.3 Å². The Morgan fingerprint density at radius 2 is 2.02 bits per heavy atom. The predicted molar refractivity (Wildman–Crippen MR) is 156 cm³/mol. The summed E-state index contributed by atoms with van der Waals surface area (Å²) in [5.74, 6) is -1.56. The molecule has 1 saturated heterocycles. The van der Waals surface area contributed by atoms with Gasteiger partial charge in [0.15, 0.2) is 11.5 Å². The minimum atomic E-state index is -1.37. The largest absolute Gasteiger partial charge is 0.493 e. The van der Waals surface area contributed by atoms with E-state index in [4.69, 9.17) is 18.6 Å². The van der Waals surface area contributed by atoms with Gasteiger partial charge in [0.05, 0.1) is 31.8 Å². The van der Waals surface area contributed by atoms with Crippen molar-refractivity contribution in [1.29, 1.82) is 0 Å². The predicted octanol–water partition coefficient (Wildman–Crippen LogP) is 1.56. The van der Waals surface area contributed by atoms with E-state index in [1.807, 2.05) is 0 Å². The van der Waals surface area contributed by atoms with Crippen LogP contribution in [0.15, 0.2) is 63.3 Å². The molecule has 5 atom stereocenters. The molecule has 12 nitrogen and oxygen atoms in total. The van der Waals surface area contributed by atoms with Crippen LogP contribution >= 0.6 is 0 Å². The Kier molecular flexibility index (Phi) is 8.21. The Balaban J connectivity index is 1.47. The van der Waals surface area contributed by atoms with Crippen LogP contribution in [0.2, 0.25) is 0 Å². The number of fused-ring (bicyclic) bond motifs is 4. The monoisotopic (exact) mass is 604 g/mol. The van der Waals surface area contributed by atoms with E-state index in [2.05, 4.69) is 5.32 Å². The highest BCUT2D eigenvalue weighted by molar-refractivity contribution is 5.99. The molecule has 1 aliphatic carbocycles. The van der Waals surface area contributed by atoms with Gasteiger partial charge in [-0.25, -0.2) is 4.79 Å². The van der Waals surface area contributed by atoms with Gasteiger partial charge in [0.2, 0.25) is 5.91 Å². The maximum absolute atomic E-state index is 14.2. The van der Waals surface area contributed by atoms with Gasteiger partial charge in [-0.05, 0) is 43.2 Å². The number of aliphatic hydroxyl groups excluding tert-OH is 2. The summed E-state index contributed by atoms with van der Waals surface area (Å²) in [6, 6.07) is 10.2. The lowest BCUT2D eigenvalue weighted by Gasteiger charge is -2.41. The van der Waals surface area contributed by atoms with Gasteiger partial charge in [0.1, 0.15) is 29.6 Å². The number of hydrogen-bond acceptors (Lipinski definition) is 10. The maximum atomic E-state index is 14.2. The van der Waals surface area contributed by atoms with Gasteiger partial charge in [0.25, 0.3) is 5.91 Å². The third-order valence-corrected chi connectivity index (χ3v) is 8.33. The molecule has 0 bridgehead atoms. The van der Waals surface area contributed by atoms with Crippen molar-refractivity contribution in [2.45, 2.75) is 43.1 Å². The molecule has 0 unspecified atom stereocenters. The number of para-hydroxylation sites is 1. The minimum absolute atomic E-state index is 0.0256. The standard InChI is InChI=1S/C32H32N2O10/c1-41-25-12-17(16-36)11-20-26-21(30(38)33-8-9-35)14-23(27(37)29(26)44-28(20)25)34(15-19-6-4-10-42-19)31(39)22-13-18-5-2-3-7-24(18)43-32(22)40/h2-3,5,7,11-14,16,19,23,26-27,29,35,37H,4,6,8-10,15H2,1H3,(H,33,38)/t19-,23-,26+,27+,29+/m1/s1. The molecule has 3 N–H and O–H groups in total. The van der Waals surface area contributed by atoms with E-state index in [0.717, 1.165) is 6.42 Å². The van der Waals surface area contributed by atoms with E-state index < -0.39 is 41.6 Å². The van der Waals surface area contributed by atoms with E-state index in [1.165, 1.54) is 30.2 Å². The van der Waals surface area contributed by atoms with Crippen LogP contribution in [0.1, 0.15) is 45.0 Å². The molecular formula is C32H32N2O10. The van der Waals surface area contributed by atoms with Gasteiger partial charge < -0.3 is 39.1 Å². The van der Waals surface area contributed by atoms with Crippen molar-refractivity contribution in [1.82, 2.24) is 10.2 Å². The molecule has 1 fully saturated rings. The molecule has 2 amide bonds. The van der Waals surface area contributed by atoms with Crippen LogP contribution in [0.5, 0.6) is 11.5 Å². The molecule has 12 heteroatoms. The number of aldehydes is 1. The number of carbonyl (C=O) groups is 3. The zero-order valence-corrected chi connectivity index (χ0v) is 23.9. The molecule has 44 heavy (non-hydrogen) atoms. The molecule has 2 aromatic carbocycles. The van der Waals surface area contributed by atoms with Crippen molar-refractivity contribution in [3.8, 4) is 11.5 Å². The van der Waals surface area contributed by atoms with E-state index >= 15 is 0 Å². The lowest BCUT2D eigenvalue weighted by atomic mass is 9.77. The first-order valence-electron chi connectivity index (χ1n) is 14.4. The van der Waals surface area contributed by atoms with Crippen LogP contribution in [0.4, 0.5) is 0 Å². The van der Waals surface area contributed by atoms with E-state index in [0.29, 0.717) is 35.8 Å². The van der Waals surface area contributed by atoms with E-state index in [-0.39, 0.29) is 54.0 Å². The Bertz CT molecular complexity index is 1690. The fourth-order valence-corrected chi connectivity index (χ4v) is 6.27. The van der Waals surface area contributed by atoms with Gasteiger partial charge in [-0.3, -0.25) is 14.4 Å². The van der Waals surface area contributed by atoms with Crippen molar-refractivity contribution in [3.63, 3.8) is 0 Å². The van der Waals surface area contributed by atoms with Crippen LogP contribution < -0.4 is 20.4 Å². The molecule has 0 spiro atoms. The van der Waals surface area contributed by atoms with E-state index in [9.17, 15) is 29.4 Å². The summed E-state index contributed by atoms with van der Waals surface area (Å²) in [5, 5.41) is 24.4. The SMILES string of the molecule is COc1cc(C=O)cc2c1O[C@@H]1[C@@H](O)[C@H](N(C[C@H]3CCCO3)C(=O)c3cc4ccccc4oc3=O)C=C(C(=O)NCCO)[C@H]21. The summed E-state index contributed by atoms with van der Waals surface area (Å²) in [7, 11) is 1.41. The molecule has 1 aromatic heterocycles. The van der Waals surface area contributed by atoms with Crippen LogP contribution in [-0.2, 0) is 9.53 Å². The number of nitrogens with one attached hydrogen (secondary N) is 1. The lowest BCUT2D eigenvalue weighted by molar-refractivity contribution is -0.118. The summed E-state index contributed by atoms with van der Waals surface area (Å²) in [4.78, 5) is 53.9. The first-order chi connectivity index (χ1) is 21.3. The molecule has 230 valence electrons. The van der Waals surface area contributed by atoms with Gasteiger partial charge in [-0.1, -0.05) is 18.2 Å². The molecule has 3 heterocycles. The number of carbonyl (C=O) groups excluding carboxylic acids is 3. The van der Waals surface area contributed by atoms with Crippen molar-refractivity contribution in [3.05, 3.63) is 81.2 Å². The summed E-state index contributed by atoms with van der Waals surface area (Å²) >= 11 is 0. The Morgan fingerprint density at radius 3 is 2.75 bits per heavy atom. The summed E-state index contributed by atoms with van der Waals surface area (Å²) in [6.07, 6.45) is 0.782. The second-order valence-corrected chi connectivity index (χ2v) is 11.0. The van der Waals surface area contributed by atoms with Gasteiger partial charge in [-0.2, -0.15) is 0 Å². The number of benzene rings is 2. The number of amides is 2. The molecule has 3 aromatic rings. The fraction of sp³-hybridized carbons (Fsp3) is 0.375. The topological polar surface area (TPSA) is 165 Å². The average molecular weight is 605 g/mol. The van der Waals surface area contributed by atoms with Crippen LogP contribution in [-0.4, -0.2) is 91.0 Å². The number of hydrogen-bond donors (Lipinski definition) is 3. The minimum Gasteiger partial charge on any atom is -0.493 e. The van der Waals surface area contributed by atoms with Crippen molar-refractivity contribution in [2.24, 2.45) is 0 Å². The summed E-state index contributed by atoms with van der Waals surface area (Å²) in [5.41, 5.74) is 0.168. The zero-order valence-electron chi connectivity index (χ0n) is 23.9. The number of rotatable bonds is 9. The molecule has 6 rings (SSSR count). The normalized spacial score (nSPS) is 23.7. The first-order valence-corrected chi connectivity index (χ1v) is 14.4. The van der Waals surface area contributed by atoms with Crippen LogP contribution in [0, 0.1) is 0 Å². The van der Waals surface area contributed by atoms with Crippen molar-refractivity contribution >= 4 is 29.1 Å². The summed E-state index contributed by atoms with van der Waals surface area (Å²) < 4.78 is 23.0. The zero-order chi connectivity index (χ0) is 31.0. The average Bonchev–Trinajstić information content (AvgIpc) is 3.70. The third-order valence-electron chi connectivity index (χ3n) is 8.33. The molecular weight excluding hydrogens is 572 g/mol. The van der Waals surface area contributed by atoms with Gasteiger partial charge in [0, 0.05) is 41.8 Å². The molecule has 2 aliphatic heterocycles. The number of methoxy groups -OCH3 is 1. The van der Waals surface area contributed by atoms with Gasteiger partial charge in [-0.15, -0.1) is 0 Å². The third kappa shape index (κ3) is 5.25.